The molecule has 0 saturated heterocycles. The highest BCUT2D eigenvalue weighted by atomic mass is 19.3. The lowest BCUT2D eigenvalue weighted by Gasteiger charge is -2.13. The molecule has 1 N–H and O–H groups in total. The fourth-order valence-corrected chi connectivity index (χ4v) is 1.81. The molecule has 7 heteroatoms. The summed E-state index contributed by atoms with van der Waals surface area (Å²) in [5.41, 5.74) is 0.680. The predicted octanol–water partition coefficient (Wildman–Crippen LogP) is 2.75. The first kappa shape index (κ1) is 15.2. The zero-order chi connectivity index (χ0) is 15.2. The van der Waals surface area contributed by atoms with Gasteiger partial charge in [0.1, 0.15) is 6.61 Å². The number of hydrogen-bond donors (Lipinski definition) is 1. The predicted molar refractivity (Wildman–Crippen MR) is 71.3 cm³/mol. The largest absolute Gasteiger partial charge is 0.490 e. The molecule has 0 amide bonds. The molecule has 0 radical (unpaired) electrons. The Balaban J connectivity index is 2.13. The summed E-state index contributed by atoms with van der Waals surface area (Å²) in [5.74, 6) is 0.996. The maximum atomic E-state index is 12.7. The third kappa shape index (κ3) is 3.69. The molecule has 1 aromatic carbocycles. The molecule has 0 atom stereocenters. The van der Waals surface area contributed by atoms with Gasteiger partial charge in [-0.05, 0) is 24.6 Å². The topological polar surface area (TPSA) is 56.5 Å². The van der Waals surface area contributed by atoms with Crippen molar-refractivity contribution in [2.45, 2.75) is 26.7 Å². The molecule has 0 aliphatic heterocycles. The summed E-state index contributed by atoms with van der Waals surface area (Å²) in [6.45, 7) is -0.629. The number of aliphatic hydroxyl groups excluding tert-OH is 1. The molecule has 0 aliphatic carbocycles. The van der Waals surface area contributed by atoms with Gasteiger partial charge in [-0.1, -0.05) is 6.07 Å². The van der Waals surface area contributed by atoms with Gasteiger partial charge in [-0.2, -0.15) is 8.78 Å². The van der Waals surface area contributed by atoms with E-state index >= 15 is 0 Å². The van der Waals surface area contributed by atoms with E-state index in [0.29, 0.717) is 23.7 Å². The number of hydrogen-bond acceptors (Lipinski definition) is 4. The van der Waals surface area contributed by atoms with Gasteiger partial charge in [-0.3, -0.25) is 4.57 Å². The van der Waals surface area contributed by atoms with Crippen LogP contribution in [0.5, 0.6) is 11.5 Å². The van der Waals surface area contributed by atoms with Crippen LogP contribution in [-0.4, -0.2) is 21.3 Å². The fraction of sp³-hybridized carbons (Fsp3) is 0.357. The van der Waals surface area contributed by atoms with Gasteiger partial charge in [-0.25, -0.2) is 4.98 Å². The summed E-state index contributed by atoms with van der Waals surface area (Å²) in [5, 5.41) is 9.11. The molecule has 0 unspecified atom stereocenters. The summed E-state index contributed by atoms with van der Waals surface area (Å²) >= 11 is 0. The van der Waals surface area contributed by atoms with Crippen LogP contribution in [0.25, 0.3) is 0 Å². The van der Waals surface area contributed by atoms with Gasteiger partial charge in [0, 0.05) is 12.4 Å². The number of ether oxygens (including phenoxy) is 2. The molecule has 2 rings (SSSR count). The van der Waals surface area contributed by atoms with Crippen LogP contribution in [0.4, 0.5) is 8.78 Å². The summed E-state index contributed by atoms with van der Waals surface area (Å²) in [6.07, 6.45) is 2.49. The van der Waals surface area contributed by atoms with Gasteiger partial charge in [-0.15, -0.1) is 0 Å². The number of aromatic nitrogens is 2. The lowest BCUT2D eigenvalue weighted by Crippen LogP contribution is -2.08. The minimum atomic E-state index is -2.66. The average molecular weight is 298 g/mol. The fourth-order valence-electron chi connectivity index (χ4n) is 1.81. The zero-order valence-electron chi connectivity index (χ0n) is 11.5. The quantitative estimate of drug-likeness (QED) is 0.854. The molecule has 0 saturated carbocycles. The number of nitrogens with zero attached hydrogens (tertiary/aromatic N) is 2. The van der Waals surface area contributed by atoms with E-state index in [1.165, 1.54) is 12.4 Å². The SMILES string of the molecule is CCOc1cc(CO)ccc1OCc1nccn1C(F)F. The van der Waals surface area contributed by atoms with Crippen LogP contribution in [0.15, 0.2) is 30.6 Å². The first-order chi connectivity index (χ1) is 10.2. The van der Waals surface area contributed by atoms with Gasteiger partial charge in [0.05, 0.1) is 13.2 Å². The van der Waals surface area contributed by atoms with Crippen LogP contribution in [0.2, 0.25) is 0 Å². The van der Waals surface area contributed by atoms with E-state index in [4.69, 9.17) is 14.6 Å². The molecule has 0 aliphatic rings. The highest BCUT2D eigenvalue weighted by Crippen LogP contribution is 2.29. The van der Waals surface area contributed by atoms with Crippen LogP contribution in [0.1, 0.15) is 24.9 Å². The van der Waals surface area contributed by atoms with E-state index in [9.17, 15) is 8.78 Å². The summed E-state index contributed by atoms with van der Waals surface area (Å²) in [4.78, 5) is 3.84. The number of aliphatic hydroxyl groups is 1. The number of benzene rings is 1. The number of rotatable bonds is 7. The van der Waals surface area contributed by atoms with Crippen LogP contribution >= 0.6 is 0 Å². The van der Waals surface area contributed by atoms with Crippen molar-refractivity contribution >= 4 is 0 Å². The molecule has 2 aromatic rings. The van der Waals surface area contributed by atoms with E-state index in [2.05, 4.69) is 4.98 Å². The van der Waals surface area contributed by atoms with Gasteiger partial charge < -0.3 is 14.6 Å². The van der Waals surface area contributed by atoms with Crippen molar-refractivity contribution in [2.24, 2.45) is 0 Å². The Kier molecular flexibility index (Phi) is 5.10. The molecule has 0 spiro atoms. The third-order valence-corrected chi connectivity index (χ3v) is 2.81. The molecule has 114 valence electrons. The van der Waals surface area contributed by atoms with Crippen molar-refractivity contribution in [3.05, 3.63) is 42.0 Å². The number of imidazole rings is 1. The molecule has 21 heavy (non-hydrogen) atoms. The number of alkyl halides is 2. The van der Waals surface area contributed by atoms with Crippen molar-refractivity contribution < 1.29 is 23.4 Å². The molecule has 5 nitrogen and oxygen atoms in total. The first-order valence-electron chi connectivity index (χ1n) is 6.45. The average Bonchev–Trinajstić information content (AvgIpc) is 2.95. The zero-order valence-corrected chi connectivity index (χ0v) is 11.5. The lowest BCUT2D eigenvalue weighted by molar-refractivity contribution is 0.0631. The first-order valence-corrected chi connectivity index (χ1v) is 6.45. The van der Waals surface area contributed by atoms with Crippen molar-refractivity contribution in [1.82, 2.24) is 9.55 Å². The second-order valence-corrected chi connectivity index (χ2v) is 4.19. The van der Waals surface area contributed by atoms with E-state index < -0.39 is 6.55 Å². The second kappa shape index (κ2) is 7.03. The maximum Gasteiger partial charge on any atom is 0.320 e. The van der Waals surface area contributed by atoms with Gasteiger partial charge in [0.15, 0.2) is 17.3 Å². The molecule has 1 heterocycles. The second-order valence-electron chi connectivity index (χ2n) is 4.19. The van der Waals surface area contributed by atoms with Gasteiger partial charge in [0.2, 0.25) is 0 Å². The molecule has 0 bridgehead atoms. The Morgan fingerprint density at radius 1 is 1.29 bits per heavy atom. The summed E-state index contributed by atoms with van der Waals surface area (Å²) in [7, 11) is 0. The Labute approximate surface area is 120 Å². The monoisotopic (exact) mass is 298 g/mol. The van der Waals surface area contributed by atoms with Crippen LogP contribution in [-0.2, 0) is 13.2 Å². The minimum Gasteiger partial charge on any atom is -0.490 e. The minimum absolute atomic E-state index is 0.101. The third-order valence-electron chi connectivity index (χ3n) is 2.81. The van der Waals surface area contributed by atoms with Crippen LogP contribution in [0, 0.1) is 0 Å². The summed E-state index contributed by atoms with van der Waals surface area (Å²) < 4.78 is 37.1. The normalized spacial score (nSPS) is 10.9. The smallest absolute Gasteiger partial charge is 0.320 e. The molecular formula is C14H16F2N2O3. The van der Waals surface area contributed by atoms with Crippen molar-refractivity contribution in [1.29, 1.82) is 0 Å². The van der Waals surface area contributed by atoms with Crippen LogP contribution in [0.3, 0.4) is 0 Å². The van der Waals surface area contributed by atoms with Crippen molar-refractivity contribution in [3.63, 3.8) is 0 Å². The molecule has 0 fully saturated rings. The molecule has 1 aromatic heterocycles. The highest BCUT2D eigenvalue weighted by Gasteiger charge is 2.13. The Hall–Kier alpha value is -2.15. The van der Waals surface area contributed by atoms with Crippen molar-refractivity contribution in [3.8, 4) is 11.5 Å². The van der Waals surface area contributed by atoms with Crippen LogP contribution < -0.4 is 9.47 Å². The van der Waals surface area contributed by atoms with E-state index in [1.54, 1.807) is 18.2 Å². The Morgan fingerprint density at radius 3 is 2.76 bits per heavy atom. The maximum absolute atomic E-state index is 12.7. The van der Waals surface area contributed by atoms with E-state index in [1.807, 2.05) is 6.92 Å². The number of halogens is 2. The Bertz CT molecular complexity index is 587. The van der Waals surface area contributed by atoms with E-state index in [0.717, 1.165) is 4.57 Å². The Morgan fingerprint density at radius 2 is 2.10 bits per heavy atom. The highest BCUT2D eigenvalue weighted by molar-refractivity contribution is 5.42. The molecular weight excluding hydrogens is 282 g/mol. The van der Waals surface area contributed by atoms with Gasteiger partial charge in [0.25, 0.3) is 0 Å². The van der Waals surface area contributed by atoms with Crippen molar-refractivity contribution in [2.75, 3.05) is 6.61 Å². The van der Waals surface area contributed by atoms with E-state index in [-0.39, 0.29) is 19.0 Å². The summed E-state index contributed by atoms with van der Waals surface area (Å²) in [6, 6.07) is 4.96. The lowest BCUT2D eigenvalue weighted by atomic mass is 10.2. The standard InChI is InChI=1S/C14H16F2N2O3/c1-2-20-12-7-10(8-19)3-4-11(12)21-9-13-17-5-6-18(13)14(15)16/h3-7,14,19H,2,8-9H2,1H3. The van der Waals surface area contributed by atoms with Gasteiger partial charge >= 0.3 is 6.55 Å².